The lowest BCUT2D eigenvalue weighted by Crippen LogP contribution is -2.35. The van der Waals surface area contributed by atoms with Crippen molar-refractivity contribution in [1.29, 1.82) is 0 Å². The maximum Gasteiger partial charge on any atom is 0.255 e. The van der Waals surface area contributed by atoms with Gasteiger partial charge in [0, 0.05) is 19.0 Å². The predicted molar refractivity (Wildman–Crippen MR) is 73.5 cm³/mol. The Bertz CT molecular complexity index is 493. The number of hydrogen-bond donors (Lipinski definition) is 3. The number of carbonyl (C=O) groups excluding carboxylic acids is 2. The van der Waals surface area contributed by atoms with Crippen LogP contribution in [0, 0.1) is 5.82 Å². The molecule has 2 amide bonds. The first kappa shape index (κ1) is 15.9. The van der Waals surface area contributed by atoms with Gasteiger partial charge in [0.25, 0.3) is 5.91 Å². The highest BCUT2D eigenvalue weighted by Crippen LogP contribution is 2.09. The van der Waals surface area contributed by atoms with Gasteiger partial charge in [0.2, 0.25) is 5.91 Å². The molecule has 1 rings (SSSR count). The summed E-state index contributed by atoms with van der Waals surface area (Å²) in [5.41, 5.74) is 5.45. The zero-order chi connectivity index (χ0) is 15.1. The zero-order valence-corrected chi connectivity index (χ0v) is 11.6. The van der Waals surface area contributed by atoms with Crippen LogP contribution in [0.4, 0.5) is 10.2 Å². The van der Waals surface area contributed by atoms with Gasteiger partial charge in [-0.1, -0.05) is 6.92 Å². The monoisotopic (exact) mass is 282 g/mol. The van der Waals surface area contributed by atoms with E-state index in [0.717, 1.165) is 18.7 Å². The summed E-state index contributed by atoms with van der Waals surface area (Å²) in [7, 11) is 0. The van der Waals surface area contributed by atoms with E-state index in [1.807, 2.05) is 13.8 Å². The molecule has 7 heteroatoms. The lowest BCUT2D eigenvalue weighted by molar-refractivity contribution is -0.121. The van der Waals surface area contributed by atoms with Crippen molar-refractivity contribution in [3.8, 4) is 0 Å². The van der Waals surface area contributed by atoms with Gasteiger partial charge in [-0.2, -0.15) is 0 Å². The topological polar surface area (TPSA) is 97.1 Å². The molecule has 0 aliphatic carbocycles. The fraction of sp³-hybridized carbons (Fsp3) is 0.462. The molecule has 1 unspecified atom stereocenters. The Morgan fingerprint density at radius 3 is 2.85 bits per heavy atom. The third kappa shape index (κ3) is 4.83. The van der Waals surface area contributed by atoms with Crippen LogP contribution in [0.15, 0.2) is 12.3 Å². The molecule has 0 fully saturated rings. The fourth-order valence-corrected chi connectivity index (χ4v) is 1.47. The Morgan fingerprint density at radius 1 is 1.50 bits per heavy atom. The molecule has 0 aromatic carbocycles. The summed E-state index contributed by atoms with van der Waals surface area (Å²) < 4.78 is 13.0. The minimum absolute atomic E-state index is 0.0349. The van der Waals surface area contributed by atoms with Crippen LogP contribution in [0.25, 0.3) is 0 Å². The van der Waals surface area contributed by atoms with E-state index < -0.39 is 11.7 Å². The molecule has 1 aromatic rings. The third-order valence-corrected chi connectivity index (χ3v) is 2.79. The van der Waals surface area contributed by atoms with E-state index in [1.165, 1.54) is 0 Å². The third-order valence-electron chi connectivity index (χ3n) is 2.79. The number of nitrogens with two attached hydrogens (primary N) is 1. The molecule has 6 nitrogen and oxygen atoms in total. The number of amides is 2. The first-order valence-electron chi connectivity index (χ1n) is 6.42. The van der Waals surface area contributed by atoms with Gasteiger partial charge < -0.3 is 16.4 Å². The minimum atomic E-state index is -0.640. The van der Waals surface area contributed by atoms with Crippen LogP contribution >= 0.6 is 0 Å². The summed E-state index contributed by atoms with van der Waals surface area (Å²) in [5, 5.41) is 5.28. The summed E-state index contributed by atoms with van der Waals surface area (Å²) >= 11 is 0. The predicted octanol–water partition coefficient (Wildman–Crippen LogP) is 0.838. The van der Waals surface area contributed by atoms with Crippen LogP contribution in [-0.2, 0) is 4.79 Å². The standard InChI is InChI=1S/C13H19FN4O2/c1-3-8(2)18-11(19)4-5-16-13(20)10-6-9(14)7-17-12(10)15/h6-8H,3-5H2,1-2H3,(H2,15,17)(H,16,20)(H,18,19). The summed E-state index contributed by atoms with van der Waals surface area (Å²) in [6.45, 7) is 4.01. The molecule has 0 saturated heterocycles. The van der Waals surface area contributed by atoms with E-state index >= 15 is 0 Å². The second kappa shape index (κ2) is 7.42. The Kier molecular flexibility index (Phi) is 5.89. The Labute approximate surface area is 116 Å². The highest BCUT2D eigenvalue weighted by Gasteiger charge is 2.12. The lowest BCUT2D eigenvalue weighted by Gasteiger charge is -2.11. The molecule has 1 aromatic heterocycles. The number of nitrogens with zero attached hydrogens (tertiary/aromatic N) is 1. The molecule has 1 atom stereocenters. The number of nitrogen functional groups attached to an aromatic ring is 1. The Morgan fingerprint density at radius 2 is 2.20 bits per heavy atom. The van der Waals surface area contributed by atoms with Gasteiger partial charge in [-0.15, -0.1) is 0 Å². The maximum absolute atomic E-state index is 13.0. The summed E-state index contributed by atoms with van der Waals surface area (Å²) in [6, 6.07) is 1.11. The number of nitrogens with one attached hydrogen (secondary N) is 2. The van der Waals surface area contributed by atoms with Crippen LogP contribution < -0.4 is 16.4 Å². The quantitative estimate of drug-likeness (QED) is 0.720. The van der Waals surface area contributed by atoms with Crippen LogP contribution in [0.3, 0.4) is 0 Å². The van der Waals surface area contributed by atoms with Gasteiger partial charge in [0.1, 0.15) is 11.6 Å². The molecule has 0 radical (unpaired) electrons. The molecule has 0 saturated carbocycles. The largest absolute Gasteiger partial charge is 0.383 e. The summed E-state index contributed by atoms with van der Waals surface area (Å²) in [4.78, 5) is 26.8. The molecule has 20 heavy (non-hydrogen) atoms. The van der Waals surface area contributed by atoms with E-state index in [1.54, 1.807) is 0 Å². The van der Waals surface area contributed by atoms with E-state index in [0.29, 0.717) is 0 Å². The van der Waals surface area contributed by atoms with Gasteiger partial charge in [-0.3, -0.25) is 9.59 Å². The molecule has 4 N–H and O–H groups in total. The average Bonchev–Trinajstić information content (AvgIpc) is 2.41. The average molecular weight is 282 g/mol. The van der Waals surface area contributed by atoms with Crippen molar-refractivity contribution in [2.45, 2.75) is 32.7 Å². The number of rotatable bonds is 6. The van der Waals surface area contributed by atoms with Crippen LogP contribution in [-0.4, -0.2) is 29.4 Å². The van der Waals surface area contributed by atoms with E-state index in [-0.39, 0.29) is 36.3 Å². The number of hydrogen-bond acceptors (Lipinski definition) is 4. The van der Waals surface area contributed by atoms with Gasteiger partial charge in [0.15, 0.2) is 0 Å². The Balaban J connectivity index is 2.44. The highest BCUT2D eigenvalue weighted by molar-refractivity contribution is 5.98. The molecule has 1 heterocycles. The zero-order valence-electron chi connectivity index (χ0n) is 11.6. The van der Waals surface area contributed by atoms with Crippen molar-refractivity contribution < 1.29 is 14.0 Å². The van der Waals surface area contributed by atoms with Gasteiger partial charge >= 0.3 is 0 Å². The second-order valence-electron chi connectivity index (χ2n) is 4.47. The minimum Gasteiger partial charge on any atom is -0.383 e. The lowest BCUT2D eigenvalue weighted by atomic mass is 10.2. The van der Waals surface area contributed by atoms with Crippen molar-refractivity contribution in [3.05, 3.63) is 23.6 Å². The van der Waals surface area contributed by atoms with Crippen molar-refractivity contribution in [2.24, 2.45) is 0 Å². The van der Waals surface area contributed by atoms with Crippen LogP contribution in [0.2, 0.25) is 0 Å². The van der Waals surface area contributed by atoms with Crippen molar-refractivity contribution >= 4 is 17.6 Å². The molecule has 110 valence electrons. The SMILES string of the molecule is CCC(C)NC(=O)CCNC(=O)c1cc(F)cnc1N. The summed E-state index contributed by atoms with van der Waals surface area (Å²) in [5.74, 6) is -1.39. The van der Waals surface area contributed by atoms with E-state index in [4.69, 9.17) is 5.73 Å². The maximum atomic E-state index is 13.0. The molecular weight excluding hydrogens is 263 g/mol. The van der Waals surface area contributed by atoms with Crippen molar-refractivity contribution in [1.82, 2.24) is 15.6 Å². The number of aromatic nitrogens is 1. The van der Waals surface area contributed by atoms with Crippen LogP contribution in [0.5, 0.6) is 0 Å². The number of halogens is 1. The van der Waals surface area contributed by atoms with Crippen molar-refractivity contribution in [2.75, 3.05) is 12.3 Å². The first-order chi connectivity index (χ1) is 9.43. The number of anilines is 1. The van der Waals surface area contributed by atoms with E-state index in [9.17, 15) is 14.0 Å². The van der Waals surface area contributed by atoms with Gasteiger partial charge in [0.05, 0.1) is 11.8 Å². The number of carbonyl (C=O) groups is 2. The Hall–Kier alpha value is -2.18. The van der Waals surface area contributed by atoms with E-state index in [2.05, 4.69) is 15.6 Å². The molecular formula is C13H19FN4O2. The second-order valence-corrected chi connectivity index (χ2v) is 4.47. The number of pyridine rings is 1. The molecule has 0 aliphatic heterocycles. The molecule has 0 bridgehead atoms. The van der Waals surface area contributed by atoms with Gasteiger partial charge in [-0.05, 0) is 19.4 Å². The fourth-order valence-electron chi connectivity index (χ4n) is 1.47. The molecule has 0 aliphatic rings. The summed E-state index contributed by atoms with van der Waals surface area (Å²) in [6.07, 6.45) is 1.92. The van der Waals surface area contributed by atoms with Crippen LogP contribution in [0.1, 0.15) is 37.0 Å². The molecule has 0 spiro atoms. The first-order valence-corrected chi connectivity index (χ1v) is 6.42. The smallest absolute Gasteiger partial charge is 0.255 e. The normalized spacial score (nSPS) is 11.8. The highest BCUT2D eigenvalue weighted by atomic mass is 19.1. The van der Waals surface area contributed by atoms with Crippen molar-refractivity contribution in [3.63, 3.8) is 0 Å². The van der Waals surface area contributed by atoms with Gasteiger partial charge in [-0.25, -0.2) is 9.37 Å².